The van der Waals surface area contributed by atoms with Gasteiger partial charge >= 0.3 is 0 Å². The summed E-state index contributed by atoms with van der Waals surface area (Å²) >= 11 is 6.04. The lowest BCUT2D eigenvalue weighted by molar-refractivity contribution is 0.0950. The minimum Gasteiger partial charge on any atom is -0.383 e. The van der Waals surface area contributed by atoms with Crippen LogP contribution >= 0.6 is 11.6 Å². The number of nitriles is 1. The fourth-order valence-corrected chi connectivity index (χ4v) is 1.91. The molecule has 0 unspecified atom stereocenters. The highest BCUT2D eigenvalue weighted by Crippen LogP contribution is 2.24. The third-order valence-corrected chi connectivity index (χ3v) is 3.01. The number of anilines is 1. The van der Waals surface area contributed by atoms with Gasteiger partial charge in [-0.2, -0.15) is 5.26 Å². The molecule has 0 spiro atoms. The van der Waals surface area contributed by atoms with Gasteiger partial charge in [0.05, 0.1) is 5.56 Å². The number of amides is 1. The maximum Gasteiger partial charge on any atom is 0.273 e. The Balaban J connectivity index is 2.54. The van der Waals surface area contributed by atoms with E-state index in [2.05, 4.69) is 10.3 Å². The Kier molecular flexibility index (Phi) is 3.58. The topological polar surface area (TPSA) is 96.2 Å². The van der Waals surface area contributed by atoms with Crippen LogP contribution in [-0.4, -0.2) is 21.8 Å². The van der Waals surface area contributed by atoms with Crippen LogP contribution in [0.15, 0.2) is 12.3 Å². The predicted octanol–water partition coefficient (Wildman–Crippen LogP) is 1.58. The summed E-state index contributed by atoms with van der Waals surface area (Å²) in [4.78, 5) is 16.0. The van der Waals surface area contributed by atoms with E-state index in [4.69, 9.17) is 22.6 Å². The number of nitrogens with two attached hydrogens (primary N) is 1. The molecule has 1 amide bonds. The average molecular weight is 278 g/mol. The summed E-state index contributed by atoms with van der Waals surface area (Å²) in [6.45, 7) is 2.49. The number of carbonyl (C=O) groups is 1. The second kappa shape index (κ2) is 5.16. The van der Waals surface area contributed by atoms with Gasteiger partial charge in [-0.3, -0.25) is 9.20 Å². The van der Waals surface area contributed by atoms with Crippen molar-refractivity contribution in [2.75, 3.05) is 12.3 Å². The third kappa shape index (κ3) is 2.20. The number of fused-ring (bicyclic) bond motifs is 1. The number of hydrogen-bond acceptors (Lipinski definition) is 4. The van der Waals surface area contributed by atoms with Crippen LogP contribution in [0.2, 0.25) is 5.02 Å². The van der Waals surface area contributed by atoms with Gasteiger partial charge in [-0.25, -0.2) is 4.98 Å². The Labute approximate surface area is 114 Å². The van der Waals surface area contributed by atoms with E-state index < -0.39 is 0 Å². The zero-order valence-corrected chi connectivity index (χ0v) is 11.0. The zero-order valence-electron chi connectivity index (χ0n) is 10.3. The van der Waals surface area contributed by atoms with Crippen molar-refractivity contribution >= 4 is 29.0 Å². The number of nitrogen functional groups attached to an aromatic ring is 1. The lowest BCUT2D eigenvalue weighted by atomic mass is 10.3. The van der Waals surface area contributed by atoms with Crippen LogP contribution in [0.4, 0.5) is 5.82 Å². The van der Waals surface area contributed by atoms with E-state index in [0.717, 1.165) is 6.42 Å². The van der Waals surface area contributed by atoms with Crippen LogP contribution in [0.25, 0.3) is 5.65 Å². The quantitative estimate of drug-likeness (QED) is 0.890. The lowest BCUT2D eigenvalue weighted by Gasteiger charge is -2.01. The van der Waals surface area contributed by atoms with Crippen molar-refractivity contribution in [1.29, 1.82) is 5.26 Å². The van der Waals surface area contributed by atoms with Gasteiger partial charge in [0.1, 0.15) is 16.9 Å². The SMILES string of the molecule is CCCNC(=O)c1nc2c(Cl)c(C#N)ccn2c1N. The second-order valence-corrected chi connectivity index (χ2v) is 4.33. The molecule has 0 aliphatic rings. The molecule has 0 radical (unpaired) electrons. The minimum absolute atomic E-state index is 0.116. The van der Waals surface area contributed by atoms with E-state index in [-0.39, 0.29) is 22.4 Å². The molecule has 0 atom stereocenters. The molecule has 0 aromatic carbocycles. The molecule has 0 aliphatic carbocycles. The van der Waals surface area contributed by atoms with Gasteiger partial charge in [-0.1, -0.05) is 18.5 Å². The molecular weight excluding hydrogens is 266 g/mol. The van der Waals surface area contributed by atoms with Gasteiger partial charge in [-0.15, -0.1) is 0 Å². The summed E-state index contributed by atoms with van der Waals surface area (Å²) in [5.41, 5.74) is 6.58. The monoisotopic (exact) mass is 277 g/mol. The van der Waals surface area contributed by atoms with E-state index in [9.17, 15) is 4.79 Å². The van der Waals surface area contributed by atoms with Crippen molar-refractivity contribution in [3.8, 4) is 6.07 Å². The van der Waals surface area contributed by atoms with Gasteiger partial charge in [0.15, 0.2) is 11.3 Å². The molecule has 7 heteroatoms. The summed E-state index contributed by atoms with van der Waals surface area (Å²) in [5.74, 6) is -0.146. The number of pyridine rings is 1. The molecule has 2 heterocycles. The van der Waals surface area contributed by atoms with Crippen molar-refractivity contribution in [2.45, 2.75) is 13.3 Å². The maximum absolute atomic E-state index is 11.9. The van der Waals surface area contributed by atoms with Crippen molar-refractivity contribution in [3.05, 3.63) is 28.5 Å². The van der Waals surface area contributed by atoms with Crippen LogP contribution in [0.1, 0.15) is 29.4 Å². The number of halogens is 1. The second-order valence-electron chi connectivity index (χ2n) is 3.95. The Morgan fingerprint density at radius 1 is 1.68 bits per heavy atom. The summed E-state index contributed by atoms with van der Waals surface area (Å²) in [5, 5.41) is 11.8. The highest BCUT2D eigenvalue weighted by Gasteiger charge is 2.19. The van der Waals surface area contributed by atoms with E-state index in [1.54, 1.807) is 6.20 Å². The molecule has 0 fully saturated rings. The Hall–Kier alpha value is -2.26. The molecule has 0 saturated carbocycles. The van der Waals surface area contributed by atoms with Gasteiger partial charge in [0.2, 0.25) is 0 Å². The Morgan fingerprint density at radius 3 is 3.05 bits per heavy atom. The van der Waals surface area contributed by atoms with Crippen LogP contribution in [-0.2, 0) is 0 Å². The smallest absolute Gasteiger partial charge is 0.273 e. The third-order valence-electron chi connectivity index (χ3n) is 2.64. The first kappa shape index (κ1) is 13.2. The molecule has 3 N–H and O–H groups in total. The molecule has 0 bridgehead atoms. The minimum atomic E-state index is -0.349. The number of nitrogens with one attached hydrogen (secondary N) is 1. The molecule has 0 aliphatic heterocycles. The zero-order chi connectivity index (χ0) is 14.0. The first-order valence-electron chi connectivity index (χ1n) is 5.74. The van der Waals surface area contributed by atoms with Gasteiger partial charge < -0.3 is 11.1 Å². The number of imidazole rings is 1. The molecule has 98 valence electrons. The fourth-order valence-electron chi connectivity index (χ4n) is 1.67. The maximum atomic E-state index is 11.9. The van der Waals surface area contributed by atoms with Crippen LogP contribution in [0, 0.1) is 11.3 Å². The van der Waals surface area contributed by atoms with E-state index >= 15 is 0 Å². The molecule has 2 aromatic rings. The summed E-state index contributed by atoms with van der Waals surface area (Å²) in [6.07, 6.45) is 2.39. The van der Waals surface area contributed by atoms with Gasteiger partial charge in [0, 0.05) is 12.7 Å². The van der Waals surface area contributed by atoms with Gasteiger partial charge in [0.25, 0.3) is 5.91 Å². The summed E-state index contributed by atoms with van der Waals surface area (Å²) < 4.78 is 1.49. The van der Waals surface area contributed by atoms with E-state index in [1.807, 2.05) is 13.0 Å². The average Bonchev–Trinajstić information content (AvgIpc) is 2.75. The summed E-state index contributed by atoms with van der Waals surface area (Å²) in [7, 11) is 0. The molecule has 6 nitrogen and oxygen atoms in total. The Bertz CT molecular complexity index is 685. The largest absolute Gasteiger partial charge is 0.383 e. The van der Waals surface area contributed by atoms with E-state index in [0.29, 0.717) is 17.8 Å². The molecule has 0 saturated heterocycles. The molecule has 19 heavy (non-hydrogen) atoms. The first-order valence-corrected chi connectivity index (χ1v) is 6.12. The normalized spacial score (nSPS) is 10.4. The molecule has 2 rings (SSSR count). The van der Waals surface area contributed by atoms with Crippen molar-refractivity contribution in [3.63, 3.8) is 0 Å². The Morgan fingerprint density at radius 2 is 2.42 bits per heavy atom. The number of carbonyl (C=O) groups excluding carboxylic acids is 1. The highest BCUT2D eigenvalue weighted by atomic mass is 35.5. The predicted molar refractivity (Wildman–Crippen MR) is 72.0 cm³/mol. The standard InChI is InChI=1S/C12H12ClN5O/c1-2-4-16-12(19)9-10(15)18-5-3-7(6-14)8(13)11(18)17-9/h3,5H,2,4,15H2,1H3,(H,16,19). The van der Waals surface area contributed by atoms with E-state index in [1.165, 1.54) is 10.5 Å². The number of nitrogens with zero attached hydrogens (tertiary/aromatic N) is 3. The van der Waals surface area contributed by atoms with Crippen molar-refractivity contribution in [1.82, 2.24) is 14.7 Å². The number of aromatic nitrogens is 2. The van der Waals surface area contributed by atoms with Crippen LogP contribution in [0.3, 0.4) is 0 Å². The lowest BCUT2D eigenvalue weighted by Crippen LogP contribution is -2.25. The van der Waals surface area contributed by atoms with Gasteiger partial charge in [-0.05, 0) is 12.5 Å². The van der Waals surface area contributed by atoms with Crippen molar-refractivity contribution < 1.29 is 4.79 Å². The van der Waals surface area contributed by atoms with Crippen LogP contribution in [0.5, 0.6) is 0 Å². The fraction of sp³-hybridized carbons (Fsp3) is 0.250. The summed E-state index contributed by atoms with van der Waals surface area (Å²) in [6, 6.07) is 3.48. The molecule has 2 aromatic heterocycles. The number of hydrogen-bond donors (Lipinski definition) is 2. The highest BCUT2D eigenvalue weighted by molar-refractivity contribution is 6.34. The number of rotatable bonds is 3. The van der Waals surface area contributed by atoms with Crippen LogP contribution < -0.4 is 11.1 Å². The van der Waals surface area contributed by atoms with Crippen molar-refractivity contribution in [2.24, 2.45) is 0 Å². The molecular formula is C12H12ClN5O. The first-order chi connectivity index (χ1) is 9.10.